The topological polar surface area (TPSA) is 111 Å². The molecule has 2 N–H and O–H groups in total. The molecule has 0 aliphatic carbocycles. The van der Waals surface area contributed by atoms with Crippen LogP contribution in [0.3, 0.4) is 0 Å². The van der Waals surface area contributed by atoms with Gasteiger partial charge >= 0.3 is 0 Å². The third-order valence-electron chi connectivity index (χ3n) is 3.03. The first kappa shape index (κ1) is 18.6. The first-order chi connectivity index (χ1) is 12.5. The van der Waals surface area contributed by atoms with Gasteiger partial charge in [-0.15, -0.1) is 0 Å². The molecule has 0 bridgehead atoms. The van der Waals surface area contributed by atoms with Crippen LogP contribution < -0.4 is 15.6 Å². The number of ether oxygens (including phenoxy) is 1. The lowest BCUT2D eigenvalue weighted by molar-refractivity contribution is -0.384. The van der Waals surface area contributed by atoms with Crippen molar-refractivity contribution in [1.82, 2.24) is 10.9 Å². The zero-order chi connectivity index (χ0) is 18.9. The molecule has 0 fully saturated rings. The lowest BCUT2D eigenvalue weighted by atomic mass is 10.2. The highest BCUT2D eigenvalue weighted by molar-refractivity contribution is 5.93. The molecule has 2 amide bonds. The molecule has 9 heteroatoms. The summed E-state index contributed by atoms with van der Waals surface area (Å²) in [6, 6.07) is 11.3. The first-order valence-electron chi connectivity index (χ1n) is 7.34. The second kappa shape index (κ2) is 8.92. The Labute approximate surface area is 147 Å². The van der Waals surface area contributed by atoms with E-state index < -0.39 is 29.2 Å². The van der Waals surface area contributed by atoms with Crippen LogP contribution in [0.1, 0.15) is 5.56 Å². The van der Waals surface area contributed by atoms with Crippen LogP contribution >= 0.6 is 0 Å². The van der Waals surface area contributed by atoms with Crippen LogP contribution in [0.5, 0.6) is 5.75 Å². The number of hydrogen-bond acceptors (Lipinski definition) is 5. The number of hydrazine groups is 1. The van der Waals surface area contributed by atoms with Gasteiger partial charge in [-0.2, -0.15) is 0 Å². The summed E-state index contributed by atoms with van der Waals surface area (Å²) in [6.45, 7) is -0.490. The van der Waals surface area contributed by atoms with E-state index in [1.165, 1.54) is 42.5 Å². The number of nitro benzene ring substituents is 1. The Morgan fingerprint density at radius 1 is 1.15 bits per heavy atom. The van der Waals surface area contributed by atoms with E-state index in [4.69, 9.17) is 4.74 Å². The van der Waals surface area contributed by atoms with Crippen molar-refractivity contribution >= 4 is 23.6 Å². The third-order valence-corrected chi connectivity index (χ3v) is 3.03. The maximum atomic E-state index is 13.3. The van der Waals surface area contributed by atoms with Crippen molar-refractivity contribution in [1.29, 1.82) is 0 Å². The second-order valence-electron chi connectivity index (χ2n) is 4.94. The molecule has 26 heavy (non-hydrogen) atoms. The van der Waals surface area contributed by atoms with E-state index >= 15 is 0 Å². The number of non-ortho nitro benzene ring substituents is 1. The highest BCUT2D eigenvalue weighted by Crippen LogP contribution is 2.15. The van der Waals surface area contributed by atoms with Crippen molar-refractivity contribution in [3.05, 3.63) is 76.1 Å². The number of carbonyl (C=O) groups is 2. The van der Waals surface area contributed by atoms with Gasteiger partial charge < -0.3 is 4.74 Å². The summed E-state index contributed by atoms with van der Waals surface area (Å²) < 4.78 is 18.3. The number of nitrogens with one attached hydrogen (secondary N) is 2. The molecule has 8 nitrogen and oxygen atoms in total. The van der Waals surface area contributed by atoms with Crippen molar-refractivity contribution in [2.24, 2.45) is 0 Å². The molecule has 0 aliphatic heterocycles. The van der Waals surface area contributed by atoms with E-state index in [2.05, 4.69) is 10.9 Å². The Morgan fingerprint density at radius 2 is 1.92 bits per heavy atom. The largest absolute Gasteiger partial charge is 0.481 e. The number of halogens is 1. The number of carbonyl (C=O) groups excluding carboxylic acids is 2. The monoisotopic (exact) mass is 359 g/mol. The van der Waals surface area contributed by atoms with E-state index in [-0.39, 0.29) is 11.4 Å². The second-order valence-corrected chi connectivity index (χ2v) is 4.94. The minimum atomic E-state index is -0.689. The molecular weight excluding hydrogens is 345 g/mol. The highest BCUT2D eigenvalue weighted by Gasteiger charge is 2.07. The molecule has 0 saturated carbocycles. The summed E-state index contributed by atoms with van der Waals surface area (Å²) in [5, 5.41) is 10.7. The zero-order valence-corrected chi connectivity index (χ0v) is 13.3. The van der Waals surface area contributed by atoms with Crippen molar-refractivity contribution in [3.63, 3.8) is 0 Å². The molecule has 0 unspecified atom stereocenters. The molecule has 134 valence electrons. The minimum absolute atomic E-state index is 0.0838. The predicted molar refractivity (Wildman–Crippen MR) is 90.3 cm³/mol. The van der Waals surface area contributed by atoms with Crippen LogP contribution in [0, 0.1) is 15.9 Å². The maximum absolute atomic E-state index is 13.3. The van der Waals surface area contributed by atoms with E-state index in [0.29, 0.717) is 5.56 Å². The molecule has 0 aliphatic rings. The van der Waals surface area contributed by atoms with Gasteiger partial charge in [-0.05, 0) is 23.8 Å². The summed E-state index contributed by atoms with van der Waals surface area (Å²) in [5.41, 5.74) is 4.54. The molecule has 0 radical (unpaired) electrons. The molecule has 0 saturated heterocycles. The molecule has 0 heterocycles. The maximum Gasteiger partial charge on any atom is 0.276 e. The Kier molecular flexibility index (Phi) is 6.38. The van der Waals surface area contributed by atoms with Gasteiger partial charge in [-0.25, -0.2) is 4.39 Å². The minimum Gasteiger partial charge on any atom is -0.481 e. The van der Waals surface area contributed by atoms with E-state index in [1.807, 2.05) is 0 Å². The molecule has 0 aromatic heterocycles. The van der Waals surface area contributed by atoms with E-state index in [0.717, 1.165) is 6.08 Å². The molecular formula is C17H14FN3O5. The molecule has 0 atom stereocenters. The summed E-state index contributed by atoms with van der Waals surface area (Å²) in [7, 11) is 0. The Bertz CT molecular complexity index is 854. The van der Waals surface area contributed by atoms with Crippen molar-refractivity contribution in [2.45, 2.75) is 0 Å². The van der Waals surface area contributed by atoms with Gasteiger partial charge in [0.15, 0.2) is 18.2 Å². The number of hydrogen-bond donors (Lipinski definition) is 2. The van der Waals surface area contributed by atoms with Gasteiger partial charge in [0.25, 0.3) is 17.5 Å². The Morgan fingerprint density at radius 3 is 2.65 bits per heavy atom. The summed E-state index contributed by atoms with van der Waals surface area (Å²) in [4.78, 5) is 33.3. The third kappa shape index (κ3) is 5.71. The number of nitro groups is 1. The summed E-state index contributed by atoms with van der Waals surface area (Å²) in [6.07, 6.45) is 2.45. The van der Waals surface area contributed by atoms with Crippen LogP contribution in [0.2, 0.25) is 0 Å². The van der Waals surface area contributed by atoms with Crippen LogP contribution in [0.25, 0.3) is 6.08 Å². The number of amides is 2. The van der Waals surface area contributed by atoms with Gasteiger partial charge in [0.1, 0.15) is 0 Å². The Balaban J connectivity index is 1.79. The van der Waals surface area contributed by atoms with Gasteiger partial charge in [-0.1, -0.05) is 24.3 Å². The van der Waals surface area contributed by atoms with Gasteiger partial charge in [0.05, 0.1) is 4.92 Å². The molecule has 2 rings (SSSR count). The van der Waals surface area contributed by atoms with Crippen LogP contribution in [0.4, 0.5) is 10.1 Å². The van der Waals surface area contributed by atoms with E-state index in [1.54, 1.807) is 12.1 Å². The Hall–Kier alpha value is -3.75. The fourth-order valence-electron chi connectivity index (χ4n) is 1.83. The van der Waals surface area contributed by atoms with Crippen LogP contribution in [-0.4, -0.2) is 23.3 Å². The van der Waals surface area contributed by atoms with Crippen LogP contribution in [-0.2, 0) is 9.59 Å². The summed E-state index contributed by atoms with van der Waals surface area (Å²) >= 11 is 0. The number of nitrogens with zero attached hydrogens (tertiary/aromatic N) is 1. The average molecular weight is 359 g/mol. The average Bonchev–Trinajstić information content (AvgIpc) is 2.64. The standard InChI is InChI=1S/C17H14FN3O5/c18-14-6-1-2-7-15(14)26-11-17(23)20-19-16(22)9-8-12-4-3-5-13(10-12)21(24)25/h1-10H,11H2,(H,19,22)(H,20,23)/b9-8+. The smallest absolute Gasteiger partial charge is 0.276 e. The fourth-order valence-corrected chi connectivity index (χ4v) is 1.83. The lowest BCUT2D eigenvalue weighted by Crippen LogP contribution is -2.43. The lowest BCUT2D eigenvalue weighted by Gasteiger charge is -2.08. The van der Waals surface area contributed by atoms with Gasteiger partial charge in [0.2, 0.25) is 0 Å². The zero-order valence-electron chi connectivity index (χ0n) is 13.3. The summed E-state index contributed by atoms with van der Waals surface area (Å²) in [5.74, 6) is -2.04. The van der Waals surface area contributed by atoms with Gasteiger partial charge in [0, 0.05) is 18.2 Å². The predicted octanol–water partition coefficient (Wildman–Crippen LogP) is 1.97. The van der Waals surface area contributed by atoms with Crippen molar-refractivity contribution < 1.29 is 23.6 Å². The highest BCUT2D eigenvalue weighted by atomic mass is 19.1. The van der Waals surface area contributed by atoms with Crippen LogP contribution in [0.15, 0.2) is 54.6 Å². The quantitative estimate of drug-likeness (QED) is 0.465. The van der Waals surface area contributed by atoms with E-state index in [9.17, 15) is 24.1 Å². The van der Waals surface area contributed by atoms with Gasteiger partial charge in [-0.3, -0.25) is 30.6 Å². The number of rotatable bonds is 6. The first-order valence-corrected chi connectivity index (χ1v) is 7.34. The SMILES string of the molecule is O=C(/C=C/c1cccc([N+](=O)[O-])c1)NNC(=O)COc1ccccc1F. The molecule has 2 aromatic carbocycles. The number of para-hydroxylation sites is 1. The molecule has 0 spiro atoms. The fraction of sp³-hybridized carbons (Fsp3) is 0.0588. The van der Waals surface area contributed by atoms with Crippen molar-refractivity contribution in [3.8, 4) is 5.75 Å². The van der Waals surface area contributed by atoms with Crippen molar-refractivity contribution in [2.75, 3.05) is 6.61 Å². The molecule has 2 aromatic rings. The normalized spacial score (nSPS) is 10.3. The number of benzene rings is 2.